The maximum atomic E-state index is 9.78. The summed E-state index contributed by atoms with van der Waals surface area (Å²) in [5, 5.41) is 28.8. The van der Waals surface area contributed by atoms with Crippen molar-refractivity contribution in [3.63, 3.8) is 0 Å². The number of aromatic hydroxyl groups is 3. The van der Waals surface area contributed by atoms with Crippen LogP contribution in [0.2, 0.25) is 0 Å². The fraction of sp³-hybridized carbons (Fsp3) is 0.294. The van der Waals surface area contributed by atoms with Gasteiger partial charge < -0.3 is 15.3 Å². The molecule has 4 heteroatoms. The summed E-state index contributed by atoms with van der Waals surface area (Å²) in [7, 11) is 2.07. The van der Waals surface area contributed by atoms with E-state index >= 15 is 0 Å². The molecule has 1 aliphatic heterocycles. The molecule has 110 valence electrons. The molecule has 0 aromatic heterocycles. The van der Waals surface area contributed by atoms with Crippen molar-refractivity contribution in [3.8, 4) is 17.2 Å². The van der Waals surface area contributed by atoms with Crippen LogP contribution in [0, 0.1) is 0 Å². The van der Waals surface area contributed by atoms with E-state index in [1.165, 1.54) is 0 Å². The van der Waals surface area contributed by atoms with Crippen molar-refractivity contribution in [1.82, 2.24) is 4.90 Å². The van der Waals surface area contributed by atoms with Crippen molar-refractivity contribution in [2.75, 3.05) is 13.6 Å². The number of hydrogen-bond acceptors (Lipinski definition) is 4. The van der Waals surface area contributed by atoms with E-state index in [0.29, 0.717) is 0 Å². The number of benzene rings is 2. The van der Waals surface area contributed by atoms with Gasteiger partial charge in [-0.2, -0.15) is 0 Å². The average molecular weight is 285 g/mol. The van der Waals surface area contributed by atoms with E-state index in [9.17, 15) is 15.3 Å². The minimum atomic E-state index is -0.0697. The van der Waals surface area contributed by atoms with Crippen molar-refractivity contribution in [2.45, 2.75) is 18.9 Å². The van der Waals surface area contributed by atoms with Gasteiger partial charge in [-0.25, -0.2) is 0 Å². The van der Waals surface area contributed by atoms with Crippen LogP contribution in [0.5, 0.6) is 17.2 Å². The molecule has 0 saturated heterocycles. The first-order valence-corrected chi connectivity index (χ1v) is 7.07. The SMILES string of the molecule is CN1CCc2cc(O)c(O)cc2[C@@H]1Cc1ccc(O)cc1. The Balaban J connectivity index is 1.95. The highest BCUT2D eigenvalue weighted by Crippen LogP contribution is 2.37. The zero-order valence-electron chi connectivity index (χ0n) is 12.0. The van der Waals surface area contributed by atoms with E-state index in [1.54, 1.807) is 24.3 Å². The number of nitrogens with zero attached hydrogens (tertiary/aromatic N) is 1. The third kappa shape index (κ3) is 2.67. The first kappa shape index (κ1) is 13.8. The van der Waals surface area contributed by atoms with Gasteiger partial charge in [-0.1, -0.05) is 12.1 Å². The Hall–Kier alpha value is -2.20. The maximum Gasteiger partial charge on any atom is 0.157 e. The highest BCUT2D eigenvalue weighted by Gasteiger charge is 2.26. The molecular weight excluding hydrogens is 266 g/mol. The molecule has 0 fully saturated rings. The van der Waals surface area contributed by atoms with Crippen molar-refractivity contribution < 1.29 is 15.3 Å². The molecule has 3 rings (SSSR count). The van der Waals surface area contributed by atoms with Crippen molar-refractivity contribution in [2.24, 2.45) is 0 Å². The van der Waals surface area contributed by atoms with Gasteiger partial charge >= 0.3 is 0 Å². The summed E-state index contributed by atoms with van der Waals surface area (Å²) < 4.78 is 0. The molecule has 1 aliphatic rings. The lowest BCUT2D eigenvalue weighted by atomic mass is 9.88. The molecule has 1 heterocycles. The minimum Gasteiger partial charge on any atom is -0.508 e. The standard InChI is InChI=1S/C17H19NO3/c1-18-7-6-12-9-16(20)17(21)10-14(12)15(18)8-11-2-4-13(19)5-3-11/h2-5,9-10,15,19-21H,6-8H2,1H3/t15-/m0/s1. The Morgan fingerprint density at radius 2 is 1.71 bits per heavy atom. The Morgan fingerprint density at radius 1 is 1.05 bits per heavy atom. The second-order valence-electron chi connectivity index (χ2n) is 5.66. The normalized spacial score (nSPS) is 18.4. The quantitative estimate of drug-likeness (QED) is 0.742. The van der Waals surface area contributed by atoms with E-state index in [1.807, 2.05) is 12.1 Å². The van der Waals surface area contributed by atoms with Crippen LogP contribution in [0.1, 0.15) is 22.7 Å². The monoisotopic (exact) mass is 285 g/mol. The molecule has 2 aromatic carbocycles. The van der Waals surface area contributed by atoms with Crippen LogP contribution < -0.4 is 0 Å². The van der Waals surface area contributed by atoms with Crippen LogP contribution in [-0.4, -0.2) is 33.8 Å². The Kier molecular flexibility index (Phi) is 3.47. The number of fused-ring (bicyclic) bond motifs is 1. The van der Waals surface area contributed by atoms with E-state index in [2.05, 4.69) is 11.9 Å². The Bertz CT molecular complexity index is 652. The van der Waals surface area contributed by atoms with Gasteiger partial charge in [0, 0.05) is 12.6 Å². The van der Waals surface area contributed by atoms with Crippen LogP contribution >= 0.6 is 0 Å². The van der Waals surface area contributed by atoms with Gasteiger partial charge in [0.1, 0.15) is 5.75 Å². The molecule has 0 unspecified atom stereocenters. The van der Waals surface area contributed by atoms with E-state index in [-0.39, 0.29) is 23.3 Å². The number of phenolic OH excluding ortho intramolecular Hbond substituents is 3. The van der Waals surface area contributed by atoms with Crippen molar-refractivity contribution in [1.29, 1.82) is 0 Å². The summed E-state index contributed by atoms with van der Waals surface area (Å²) >= 11 is 0. The first-order chi connectivity index (χ1) is 10.0. The maximum absolute atomic E-state index is 9.78. The van der Waals surface area contributed by atoms with Gasteiger partial charge in [-0.3, -0.25) is 4.90 Å². The number of hydrogen-bond donors (Lipinski definition) is 3. The molecule has 0 aliphatic carbocycles. The predicted molar refractivity (Wildman–Crippen MR) is 80.7 cm³/mol. The third-order valence-electron chi connectivity index (χ3n) is 4.23. The Morgan fingerprint density at radius 3 is 2.43 bits per heavy atom. The largest absolute Gasteiger partial charge is 0.508 e. The third-order valence-corrected chi connectivity index (χ3v) is 4.23. The lowest BCUT2D eigenvalue weighted by Gasteiger charge is -2.35. The number of phenols is 3. The smallest absolute Gasteiger partial charge is 0.157 e. The van der Waals surface area contributed by atoms with Crippen molar-refractivity contribution in [3.05, 3.63) is 53.1 Å². The highest BCUT2D eigenvalue weighted by atomic mass is 16.3. The van der Waals surface area contributed by atoms with Gasteiger partial charge in [0.05, 0.1) is 0 Å². The van der Waals surface area contributed by atoms with Crippen LogP contribution in [-0.2, 0) is 12.8 Å². The van der Waals surface area contributed by atoms with Gasteiger partial charge in [-0.15, -0.1) is 0 Å². The van der Waals surface area contributed by atoms with Crippen LogP contribution in [0.3, 0.4) is 0 Å². The molecule has 2 aromatic rings. The number of rotatable bonds is 2. The topological polar surface area (TPSA) is 63.9 Å². The zero-order valence-corrected chi connectivity index (χ0v) is 12.0. The fourth-order valence-corrected chi connectivity index (χ4v) is 2.97. The predicted octanol–water partition coefficient (Wildman–Crippen LogP) is 2.58. The summed E-state index contributed by atoms with van der Waals surface area (Å²) in [6, 6.07) is 10.7. The summed E-state index contributed by atoms with van der Waals surface area (Å²) in [6.07, 6.45) is 1.67. The van der Waals surface area contributed by atoms with Crippen LogP contribution in [0.25, 0.3) is 0 Å². The molecular formula is C17H19NO3. The highest BCUT2D eigenvalue weighted by molar-refractivity contribution is 5.48. The molecule has 0 amide bonds. The van der Waals surface area contributed by atoms with E-state index < -0.39 is 0 Å². The molecule has 0 spiro atoms. The molecule has 0 saturated carbocycles. The lowest BCUT2D eigenvalue weighted by Crippen LogP contribution is -2.33. The lowest BCUT2D eigenvalue weighted by molar-refractivity contribution is 0.228. The molecule has 4 nitrogen and oxygen atoms in total. The second-order valence-corrected chi connectivity index (χ2v) is 5.66. The summed E-state index contributed by atoms with van der Waals surface area (Å²) in [5.41, 5.74) is 3.28. The second kappa shape index (κ2) is 5.30. The molecule has 0 radical (unpaired) electrons. The fourth-order valence-electron chi connectivity index (χ4n) is 2.97. The van der Waals surface area contributed by atoms with Crippen molar-refractivity contribution >= 4 is 0 Å². The molecule has 3 N–H and O–H groups in total. The average Bonchev–Trinajstić information content (AvgIpc) is 2.46. The first-order valence-electron chi connectivity index (χ1n) is 7.07. The summed E-state index contributed by atoms with van der Waals surface area (Å²) in [4.78, 5) is 2.26. The summed E-state index contributed by atoms with van der Waals surface area (Å²) in [6.45, 7) is 0.917. The molecule has 1 atom stereocenters. The van der Waals surface area contributed by atoms with Gasteiger partial charge in [0.15, 0.2) is 11.5 Å². The Labute approximate surface area is 123 Å². The van der Waals surface area contributed by atoms with Gasteiger partial charge in [0.2, 0.25) is 0 Å². The van der Waals surface area contributed by atoms with Crippen LogP contribution in [0.15, 0.2) is 36.4 Å². The summed E-state index contributed by atoms with van der Waals surface area (Å²) in [5.74, 6) is 0.139. The van der Waals surface area contributed by atoms with E-state index in [4.69, 9.17) is 0 Å². The zero-order chi connectivity index (χ0) is 15.0. The van der Waals surface area contributed by atoms with Gasteiger partial charge in [-0.05, 0) is 60.8 Å². The van der Waals surface area contributed by atoms with Crippen LogP contribution in [0.4, 0.5) is 0 Å². The number of likely N-dealkylation sites (N-methyl/N-ethyl adjacent to an activating group) is 1. The molecule has 21 heavy (non-hydrogen) atoms. The van der Waals surface area contributed by atoms with Gasteiger partial charge in [0.25, 0.3) is 0 Å². The van der Waals surface area contributed by atoms with E-state index in [0.717, 1.165) is 36.1 Å². The molecule has 0 bridgehead atoms. The minimum absolute atomic E-state index is 0.0540.